The molecule has 0 aliphatic carbocycles. The molecule has 1 heterocycles. The van der Waals surface area contributed by atoms with E-state index in [1.807, 2.05) is 0 Å². The van der Waals surface area contributed by atoms with Gasteiger partial charge in [0.1, 0.15) is 6.61 Å². The average Bonchev–Trinajstić information content (AvgIpc) is 2.24. The summed E-state index contributed by atoms with van der Waals surface area (Å²) in [4.78, 5) is 3.67. The Balaban J connectivity index is 2.99. The standard InChI is InChI=1S/C10H8BrF6NO2/c1-5-2-6(11)7(3-18-5)20-4-8(19,9(12,13)14)10(15,16)17/h2-3,19H,4H2,1H3. The zero-order valence-electron chi connectivity index (χ0n) is 9.81. The minimum atomic E-state index is -5.92. The molecule has 1 rings (SSSR count). The fraction of sp³-hybridized carbons (Fsp3) is 0.500. The minimum absolute atomic E-state index is 0.122. The number of alkyl halides is 6. The third-order valence-corrected chi connectivity index (χ3v) is 2.95. The summed E-state index contributed by atoms with van der Waals surface area (Å²) in [5.41, 5.74) is -4.48. The van der Waals surface area contributed by atoms with E-state index in [2.05, 4.69) is 25.7 Å². The van der Waals surface area contributed by atoms with Crippen LogP contribution in [-0.2, 0) is 0 Å². The Morgan fingerprint density at radius 3 is 2.10 bits per heavy atom. The lowest BCUT2D eigenvalue weighted by molar-refractivity contribution is -0.373. The molecule has 3 nitrogen and oxygen atoms in total. The lowest BCUT2D eigenvalue weighted by atomic mass is 10.0. The monoisotopic (exact) mass is 367 g/mol. The Hall–Kier alpha value is -1.03. The molecule has 0 fully saturated rings. The molecule has 0 saturated heterocycles. The highest BCUT2D eigenvalue weighted by molar-refractivity contribution is 9.10. The van der Waals surface area contributed by atoms with Crippen molar-refractivity contribution in [1.29, 1.82) is 0 Å². The predicted molar refractivity (Wildman–Crippen MR) is 59.2 cm³/mol. The molecule has 0 spiro atoms. The third-order valence-electron chi connectivity index (χ3n) is 2.33. The van der Waals surface area contributed by atoms with Gasteiger partial charge in [0.15, 0.2) is 5.75 Å². The summed E-state index contributed by atoms with van der Waals surface area (Å²) in [5.74, 6) is -0.345. The summed E-state index contributed by atoms with van der Waals surface area (Å²) in [5, 5.41) is 8.88. The average molecular weight is 368 g/mol. The van der Waals surface area contributed by atoms with Gasteiger partial charge in [-0.15, -0.1) is 0 Å². The molecule has 1 aromatic heterocycles. The summed E-state index contributed by atoms with van der Waals surface area (Å²) in [7, 11) is 0. The number of pyridine rings is 1. The van der Waals surface area contributed by atoms with E-state index < -0.39 is 24.6 Å². The molecule has 0 bridgehead atoms. The van der Waals surface area contributed by atoms with Crippen molar-refractivity contribution in [1.82, 2.24) is 4.98 Å². The second-order valence-corrected chi connectivity index (χ2v) is 4.75. The molecule has 1 N–H and O–H groups in total. The second-order valence-electron chi connectivity index (χ2n) is 3.90. The molecule has 0 atom stereocenters. The molecule has 20 heavy (non-hydrogen) atoms. The summed E-state index contributed by atoms with van der Waals surface area (Å²) in [6.45, 7) is -0.459. The predicted octanol–water partition coefficient (Wildman–Crippen LogP) is 3.39. The fourth-order valence-electron chi connectivity index (χ4n) is 1.13. The maximum absolute atomic E-state index is 12.4. The van der Waals surface area contributed by atoms with Gasteiger partial charge in [-0.25, -0.2) is 0 Å². The van der Waals surface area contributed by atoms with Gasteiger partial charge in [0.2, 0.25) is 0 Å². The van der Waals surface area contributed by atoms with E-state index >= 15 is 0 Å². The first kappa shape index (κ1) is 17.0. The van der Waals surface area contributed by atoms with Gasteiger partial charge in [-0.3, -0.25) is 4.98 Å². The van der Waals surface area contributed by atoms with Crippen LogP contribution >= 0.6 is 15.9 Å². The van der Waals surface area contributed by atoms with E-state index in [4.69, 9.17) is 5.11 Å². The van der Waals surface area contributed by atoms with Gasteiger partial charge in [-0.1, -0.05) is 0 Å². The van der Waals surface area contributed by atoms with E-state index in [0.717, 1.165) is 6.20 Å². The van der Waals surface area contributed by atoms with Crippen molar-refractivity contribution in [3.05, 3.63) is 22.4 Å². The van der Waals surface area contributed by atoms with Gasteiger partial charge >= 0.3 is 12.4 Å². The van der Waals surface area contributed by atoms with Gasteiger partial charge in [-0.2, -0.15) is 26.3 Å². The van der Waals surface area contributed by atoms with Crippen molar-refractivity contribution >= 4 is 15.9 Å². The quantitative estimate of drug-likeness (QED) is 0.832. The van der Waals surface area contributed by atoms with Crippen LogP contribution in [0.3, 0.4) is 0 Å². The molecule has 10 heteroatoms. The van der Waals surface area contributed by atoms with Crippen molar-refractivity contribution in [3.63, 3.8) is 0 Å². The van der Waals surface area contributed by atoms with Crippen molar-refractivity contribution in [2.45, 2.75) is 24.9 Å². The molecular weight excluding hydrogens is 360 g/mol. The summed E-state index contributed by atoms with van der Waals surface area (Å²) in [6.07, 6.45) is -10.9. The van der Waals surface area contributed by atoms with E-state index in [1.54, 1.807) is 6.92 Å². The van der Waals surface area contributed by atoms with E-state index in [1.165, 1.54) is 6.07 Å². The molecule has 114 valence electrons. The van der Waals surface area contributed by atoms with E-state index in [0.29, 0.717) is 5.69 Å². The van der Waals surface area contributed by atoms with Crippen LogP contribution in [-0.4, -0.2) is 34.7 Å². The van der Waals surface area contributed by atoms with Gasteiger partial charge in [0.05, 0.1) is 10.7 Å². The van der Waals surface area contributed by atoms with Gasteiger partial charge in [-0.05, 0) is 28.9 Å². The maximum atomic E-state index is 12.4. The van der Waals surface area contributed by atoms with E-state index in [-0.39, 0.29) is 10.2 Å². The first-order valence-electron chi connectivity index (χ1n) is 4.99. The van der Waals surface area contributed by atoms with Crippen LogP contribution in [0.25, 0.3) is 0 Å². The second kappa shape index (κ2) is 5.40. The number of hydrogen-bond donors (Lipinski definition) is 1. The fourth-order valence-corrected chi connectivity index (χ4v) is 1.67. The van der Waals surface area contributed by atoms with Crippen LogP contribution < -0.4 is 4.74 Å². The molecule has 0 aromatic carbocycles. The van der Waals surface area contributed by atoms with Gasteiger partial charge in [0, 0.05) is 5.69 Å². The van der Waals surface area contributed by atoms with Crippen LogP contribution in [0.2, 0.25) is 0 Å². The Morgan fingerprint density at radius 1 is 1.20 bits per heavy atom. The largest absolute Gasteiger partial charge is 0.487 e. The number of hydrogen-bond acceptors (Lipinski definition) is 3. The third kappa shape index (κ3) is 3.35. The number of nitrogens with zero attached hydrogens (tertiary/aromatic N) is 1. The normalized spacial score (nSPS) is 13.4. The van der Waals surface area contributed by atoms with Gasteiger partial charge < -0.3 is 9.84 Å². The highest BCUT2D eigenvalue weighted by atomic mass is 79.9. The minimum Gasteiger partial charge on any atom is -0.487 e. The number of ether oxygens (including phenoxy) is 1. The van der Waals surface area contributed by atoms with Gasteiger partial charge in [0.25, 0.3) is 5.60 Å². The first-order valence-corrected chi connectivity index (χ1v) is 5.78. The smallest absolute Gasteiger partial charge is 0.429 e. The number of halogens is 7. The van der Waals surface area contributed by atoms with Crippen molar-refractivity contribution in [2.75, 3.05) is 6.61 Å². The first-order chi connectivity index (χ1) is 8.88. The zero-order valence-corrected chi connectivity index (χ0v) is 11.4. The molecular formula is C10H8BrF6NO2. The highest BCUT2D eigenvalue weighted by Crippen LogP contribution is 2.43. The SMILES string of the molecule is Cc1cc(Br)c(OCC(O)(C(F)(F)F)C(F)(F)F)cn1. The van der Waals surface area contributed by atoms with Crippen molar-refractivity contribution in [2.24, 2.45) is 0 Å². The number of aliphatic hydroxyl groups is 1. The van der Waals surface area contributed by atoms with Crippen LogP contribution in [0.15, 0.2) is 16.7 Å². The zero-order chi connectivity index (χ0) is 15.8. The Labute approximate surface area is 117 Å². The van der Waals surface area contributed by atoms with Crippen LogP contribution in [0.5, 0.6) is 5.75 Å². The number of aryl methyl sites for hydroxylation is 1. The Kier molecular flexibility index (Phi) is 4.59. The molecule has 0 saturated carbocycles. The Morgan fingerprint density at radius 2 is 1.70 bits per heavy atom. The topological polar surface area (TPSA) is 42.4 Å². The van der Waals surface area contributed by atoms with Crippen LogP contribution in [0, 0.1) is 6.92 Å². The summed E-state index contributed by atoms with van der Waals surface area (Å²) >= 11 is 2.91. The molecule has 0 aliphatic rings. The summed E-state index contributed by atoms with van der Waals surface area (Å²) < 4.78 is 78.9. The Bertz CT molecular complexity index is 474. The molecule has 0 unspecified atom stereocenters. The number of aromatic nitrogens is 1. The number of rotatable bonds is 3. The molecule has 0 radical (unpaired) electrons. The molecule has 1 aromatic rings. The highest BCUT2D eigenvalue weighted by Gasteiger charge is 2.71. The van der Waals surface area contributed by atoms with Crippen LogP contribution in [0.1, 0.15) is 5.69 Å². The maximum Gasteiger partial charge on any atom is 0.429 e. The lowest BCUT2D eigenvalue weighted by Gasteiger charge is -2.31. The van der Waals surface area contributed by atoms with Crippen molar-refractivity contribution < 1.29 is 36.2 Å². The molecule has 0 aliphatic heterocycles. The van der Waals surface area contributed by atoms with Crippen LogP contribution in [0.4, 0.5) is 26.3 Å². The lowest BCUT2D eigenvalue weighted by Crippen LogP contribution is -2.60. The van der Waals surface area contributed by atoms with Crippen molar-refractivity contribution in [3.8, 4) is 5.75 Å². The summed E-state index contributed by atoms with van der Waals surface area (Å²) in [6, 6.07) is 1.34. The van der Waals surface area contributed by atoms with E-state index in [9.17, 15) is 26.3 Å². The molecule has 0 amide bonds.